The predicted molar refractivity (Wildman–Crippen MR) is 77.4 cm³/mol. The molecule has 0 spiro atoms. The van der Waals surface area contributed by atoms with Crippen molar-refractivity contribution in [1.82, 2.24) is 4.98 Å². The van der Waals surface area contributed by atoms with Gasteiger partial charge in [0.25, 0.3) is 5.56 Å². The highest BCUT2D eigenvalue weighted by Gasteiger charge is 2.09. The number of nitrogens with one attached hydrogen (secondary N) is 1. The van der Waals surface area contributed by atoms with Crippen LogP contribution in [0.2, 0.25) is 0 Å². The lowest BCUT2D eigenvalue weighted by Gasteiger charge is -2.00. The molecule has 0 atom stereocenters. The minimum absolute atomic E-state index is 0.171. The molecule has 7 heteroatoms. The quantitative estimate of drug-likeness (QED) is 0.527. The number of hydrazone groups is 1. The van der Waals surface area contributed by atoms with Crippen molar-refractivity contribution in [3.63, 3.8) is 0 Å². The van der Waals surface area contributed by atoms with Gasteiger partial charge in [-0.15, -0.1) is 0 Å². The van der Waals surface area contributed by atoms with E-state index in [9.17, 15) is 9.59 Å². The molecule has 0 aliphatic rings. The van der Waals surface area contributed by atoms with Crippen molar-refractivity contribution in [2.24, 2.45) is 5.10 Å². The lowest BCUT2D eigenvalue weighted by atomic mass is 10.2. The zero-order valence-electron chi connectivity index (χ0n) is 10.6. The smallest absolute Gasteiger partial charge is 0.348 e. The highest BCUT2D eigenvalue weighted by atomic mass is 32.1. The third-order valence-electron chi connectivity index (χ3n) is 2.23. The average Bonchev–Trinajstić information content (AvgIpc) is 2.47. The Balaban J connectivity index is 2.14. The fourth-order valence-electron chi connectivity index (χ4n) is 1.35. The number of nitrogens with zero attached hydrogens (tertiary/aromatic N) is 2. The summed E-state index contributed by atoms with van der Waals surface area (Å²) in [6.45, 7) is 0. The van der Waals surface area contributed by atoms with Gasteiger partial charge >= 0.3 is 5.97 Å². The Morgan fingerprint density at radius 1 is 1.40 bits per heavy atom. The van der Waals surface area contributed by atoms with Gasteiger partial charge < -0.3 is 4.74 Å². The van der Waals surface area contributed by atoms with Gasteiger partial charge in [0.05, 0.1) is 13.3 Å². The monoisotopic (exact) mass is 289 g/mol. The van der Waals surface area contributed by atoms with Crippen molar-refractivity contribution in [3.05, 3.63) is 57.2 Å². The first kappa shape index (κ1) is 13.9. The number of ether oxygens (including phenoxy) is 1. The second-order valence-electron chi connectivity index (χ2n) is 3.64. The van der Waals surface area contributed by atoms with E-state index in [1.165, 1.54) is 7.11 Å². The van der Waals surface area contributed by atoms with Crippen LogP contribution in [0.5, 0.6) is 0 Å². The fraction of sp³-hybridized carbons (Fsp3) is 0.0769. The van der Waals surface area contributed by atoms with Gasteiger partial charge in [-0.25, -0.2) is 4.79 Å². The number of methoxy groups -OCH3 is 1. The van der Waals surface area contributed by atoms with E-state index < -0.39 is 11.5 Å². The van der Waals surface area contributed by atoms with Crippen LogP contribution in [0.1, 0.15) is 15.2 Å². The van der Waals surface area contributed by atoms with Crippen molar-refractivity contribution in [2.45, 2.75) is 0 Å². The minimum Gasteiger partial charge on any atom is -0.465 e. The average molecular weight is 289 g/mol. The van der Waals surface area contributed by atoms with E-state index in [4.69, 9.17) is 0 Å². The molecular weight excluding hydrogens is 278 g/mol. The number of rotatable bonds is 4. The first-order valence-electron chi connectivity index (χ1n) is 5.63. The second kappa shape index (κ2) is 6.58. The highest BCUT2D eigenvalue weighted by molar-refractivity contribution is 7.17. The Labute approximate surface area is 118 Å². The van der Waals surface area contributed by atoms with E-state index in [2.05, 4.69) is 20.2 Å². The molecule has 0 unspecified atom stereocenters. The normalized spacial score (nSPS) is 10.4. The first-order valence-corrected chi connectivity index (χ1v) is 6.45. The summed E-state index contributed by atoms with van der Waals surface area (Å²) in [6, 6.07) is 10.6. The predicted octanol–water partition coefficient (Wildman–Crippen LogP) is 1.74. The van der Waals surface area contributed by atoms with Gasteiger partial charge in [0.15, 0.2) is 0 Å². The van der Waals surface area contributed by atoms with Crippen LogP contribution in [0.15, 0.2) is 46.3 Å². The molecule has 0 aliphatic heterocycles. The number of hydrogen-bond acceptors (Lipinski definition) is 7. The number of esters is 1. The SMILES string of the molecule is COC(=O)c1cc(=O)nc(NN=Cc2ccccc2)s1. The molecule has 2 rings (SSSR count). The van der Waals surface area contributed by atoms with Gasteiger partial charge in [-0.05, 0) is 5.56 Å². The molecular formula is C13H11N3O3S. The summed E-state index contributed by atoms with van der Waals surface area (Å²) >= 11 is 0.994. The van der Waals surface area contributed by atoms with Crippen molar-refractivity contribution in [3.8, 4) is 0 Å². The van der Waals surface area contributed by atoms with Gasteiger partial charge in [0.1, 0.15) is 4.88 Å². The second-order valence-corrected chi connectivity index (χ2v) is 4.67. The van der Waals surface area contributed by atoms with Crippen LogP contribution < -0.4 is 11.0 Å². The van der Waals surface area contributed by atoms with Crippen molar-refractivity contribution in [1.29, 1.82) is 0 Å². The Morgan fingerprint density at radius 2 is 2.15 bits per heavy atom. The molecule has 0 aliphatic carbocycles. The molecule has 1 heterocycles. The molecule has 0 saturated heterocycles. The van der Waals surface area contributed by atoms with Crippen LogP contribution in [0.4, 0.5) is 5.13 Å². The maximum Gasteiger partial charge on any atom is 0.348 e. The zero-order valence-corrected chi connectivity index (χ0v) is 11.4. The Hall–Kier alpha value is -2.54. The standard InChI is InChI=1S/C13H11N3O3S/c1-19-12(18)10-7-11(17)15-13(20-10)16-14-8-9-5-3-2-4-6-9/h2-8H,1H3,(H,15,16,17). The van der Waals surface area contributed by atoms with E-state index in [0.29, 0.717) is 0 Å². The Bertz CT molecular complexity index is 683. The number of benzene rings is 1. The fourth-order valence-corrected chi connectivity index (χ4v) is 2.12. The molecule has 102 valence electrons. The van der Waals surface area contributed by atoms with Crippen LogP contribution in [-0.4, -0.2) is 24.3 Å². The number of carbonyl (C=O) groups excluding carboxylic acids is 1. The highest BCUT2D eigenvalue weighted by Crippen LogP contribution is 2.14. The van der Waals surface area contributed by atoms with Crippen LogP contribution in [0, 0.1) is 0 Å². The maximum atomic E-state index is 11.4. The summed E-state index contributed by atoms with van der Waals surface area (Å²) < 4.78 is 4.56. The molecule has 2 aromatic rings. The van der Waals surface area contributed by atoms with Gasteiger partial charge in [-0.3, -0.25) is 10.2 Å². The lowest BCUT2D eigenvalue weighted by Crippen LogP contribution is -2.10. The summed E-state index contributed by atoms with van der Waals surface area (Å²) in [6.07, 6.45) is 1.59. The molecule has 6 nitrogen and oxygen atoms in total. The van der Waals surface area contributed by atoms with Crippen molar-refractivity contribution >= 4 is 28.7 Å². The van der Waals surface area contributed by atoms with E-state index in [1.54, 1.807) is 6.21 Å². The van der Waals surface area contributed by atoms with E-state index >= 15 is 0 Å². The van der Waals surface area contributed by atoms with Gasteiger partial charge in [0.2, 0.25) is 5.13 Å². The van der Waals surface area contributed by atoms with Crippen LogP contribution in [0.25, 0.3) is 0 Å². The molecule has 20 heavy (non-hydrogen) atoms. The maximum absolute atomic E-state index is 11.4. The van der Waals surface area contributed by atoms with Gasteiger partial charge in [-0.2, -0.15) is 10.1 Å². The molecule has 0 amide bonds. The van der Waals surface area contributed by atoms with Crippen molar-refractivity contribution < 1.29 is 9.53 Å². The summed E-state index contributed by atoms with van der Waals surface area (Å²) in [7, 11) is 1.25. The summed E-state index contributed by atoms with van der Waals surface area (Å²) in [5.41, 5.74) is 3.00. The van der Waals surface area contributed by atoms with Crippen LogP contribution in [0.3, 0.4) is 0 Å². The van der Waals surface area contributed by atoms with Gasteiger partial charge in [0, 0.05) is 6.07 Å². The molecule has 1 aromatic heterocycles. The third-order valence-corrected chi connectivity index (χ3v) is 3.11. The van der Waals surface area contributed by atoms with E-state index in [1.807, 2.05) is 30.3 Å². The van der Waals surface area contributed by atoms with E-state index in [0.717, 1.165) is 23.0 Å². The summed E-state index contributed by atoms with van der Waals surface area (Å²) in [5.74, 6) is -0.579. The lowest BCUT2D eigenvalue weighted by molar-refractivity contribution is 0.0606. The molecule has 0 fully saturated rings. The number of carbonyl (C=O) groups is 1. The molecule has 0 bridgehead atoms. The molecule has 1 aromatic carbocycles. The zero-order chi connectivity index (χ0) is 14.4. The minimum atomic E-state index is -0.579. The Kier molecular flexibility index (Phi) is 4.56. The number of aromatic nitrogens is 1. The molecule has 0 saturated carbocycles. The van der Waals surface area contributed by atoms with Crippen LogP contribution in [-0.2, 0) is 4.74 Å². The van der Waals surface area contributed by atoms with Crippen LogP contribution >= 0.6 is 11.3 Å². The number of hydrogen-bond donors (Lipinski definition) is 1. The molecule has 1 N–H and O–H groups in total. The van der Waals surface area contributed by atoms with E-state index in [-0.39, 0.29) is 10.0 Å². The topological polar surface area (TPSA) is 80.7 Å². The Morgan fingerprint density at radius 3 is 2.85 bits per heavy atom. The largest absolute Gasteiger partial charge is 0.465 e. The van der Waals surface area contributed by atoms with Crippen molar-refractivity contribution in [2.75, 3.05) is 12.5 Å². The summed E-state index contributed by atoms with van der Waals surface area (Å²) in [4.78, 5) is 26.6. The molecule has 0 radical (unpaired) electrons. The summed E-state index contributed by atoms with van der Waals surface area (Å²) in [5, 5.41) is 4.19. The first-order chi connectivity index (χ1) is 9.69. The third kappa shape index (κ3) is 3.72. The van der Waals surface area contributed by atoms with Gasteiger partial charge in [-0.1, -0.05) is 41.7 Å². The number of anilines is 1.